The summed E-state index contributed by atoms with van der Waals surface area (Å²) in [4.78, 5) is 13.0. The third-order valence-electron chi connectivity index (χ3n) is 3.08. The van der Waals surface area contributed by atoms with Crippen molar-refractivity contribution in [3.8, 4) is 10.8 Å². The van der Waals surface area contributed by atoms with Gasteiger partial charge >= 0.3 is 6.01 Å². The van der Waals surface area contributed by atoms with Gasteiger partial charge in [0.25, 0.3) is 11.8 Å². The molecule has 0 radical (unpaired) electrons. The van der Waals surface area contributed by atoms with E-state index in [9.17, 15) is 4.79 Å². The summed E-state index contributed by atoms with van der Waals surface area (Å²) in [5.74, 6) is 0.0918. The number of benzene rings is 1. The van der Waals surface area contributed by atoms with Gasteiger partial charge in [0.1, 0.15) is 5.58 Å². The Balaban J connectivity index is 1.55. The molecule has 0 aliphatic heterocycles. The minimum atomic E-state index is -0.441. The van der Waals surface area contributed by atoms with Gasteiger partial charge in [-0.05, 0) is 40.2 Å². The van der Waals surface area contributed by atoms with E-state index in [1.807, 2.05) is 30.3 Å². The summed E-state index contributed by atoms with van der Waals surface area (Å²) in [6.45, 7) is 0. The third-order valence-corrected chi connectivity index (χ3v) is 4.69. The lowest BCUT2D eigenvalue weighted by molar-refractivity contribution is 0.0996. The number of halogens is 1. The molecular formula is C15H8BrN3O3S. The summed E-state index contributed by atoms with van der Waals surface area (Å²) < 4.78 is 11.9. The van der Waals surface area contributed by atoms with E-state index >= 15 is 0 Å². The van der Waals surface area contributed by atoms with E-state index in [2.05, 4.69) is 31.4 Å². The predicted octanol–water partition coefficient (Wildman–Crippen LogP) is 4.56. The molecule has 1 amide bonds. The molecule has 0 aliphatic carbocycles. The first-order valence-electron chi connectivity index (χ1n) is 6.58. The van der Waals surface area contributed by atoms with Crippen LogP contribution in [-0.2, 0) is 0 Å². The van der Waals surface area contributed by atoms with Crippen LogP contribution in [0.15, 0.2) is 55.1 Å². The minimum Gasteiger partial charge on any atom is -0.451 e. The maximum atomic E-state index is 12.2. The molecule has 0 unspecified atom stereocenters. The molecule has 0 aliphatic rings. The summed E-state index contributed by atoms with van der Waals surface area (Å²) in [7, 11) is 0. The van der Waals surface area contributed by atoms with Crippen molar-refractivity contribution < 1.29 is 13.6 Å². The number of para-hydroxylation sites is 1. The molecule has 0 saturated heterocycles. The summed E-state index contributed by atoms with van der Waals surface area (Å²) >= 11 is 4.83. The molecule has 3 heterocycles. The standard InChI is InChI=1S/C15H8BrN3O3S/c16-12-6-5-11(23-12)14-18-19-15(22-14)17-13(20)10-7-8-3-1-2-4-9(8)21-10/h1-7H,(H,17,19,20). The van der Waals surface area contributed by atoms with E-state index in [0.29, 0.717) is 11.5 Å². The number of carbonyl (C=O) groups is 1. The molecule has 0 bridgehead atoms. The Morgan fingerprint density at radius 3 is 2.78 bits per heavy atom. The lowest BCUT2D eigenvalue weighted by Gasteiger charge is -1.95. The highest BCUT2D eigenvalue weighted by molar-refractivity contribution is 9.11. The van der Waals surface area contributed by atoms with E-state index in [4.69, 9.17) is 8.83 Å². The van der Waals surface area contributed by atoms with Crippen LogP contribution in [0.2, 0.25) is 0 Å². The number of hydrogen-bond donors (Lipinski definition) is 1. The van der Waals surface area contributed by atoms with Crippen LogP contribution in [0.5, 0.6) is 0 Å². The molecule has 1 aromatic carbocycles. The van der Waals surface area contributed by atoms with E-state index in [1.165, 1.54) is 11.3 Å². The van der Waals surface area contributed by atoms with E-state index < -0.39 is 5.91 Å². The molecule has 1 N–H and O–H groups in total. The number of rotatable bonds is 3. The first kappa shape index (κ1) is 14.2. The number of furan rings is 1. The predicted molar refractivity (Wildman–Crippen MR) is 89.5 cm³/mol. The zero-order valence-electron chi connectivity index (χ0n) is 11.4. The first-order chi connectivity index (χ1) is 11.2. The zero-order valence-corrected chi connectivity index (χ0v) is 13.8. The molecule has 23 heavy (non-hydrogen) atoms. The van der Waals surface area contributed by atoms with Gasteiger partial charge in [0.05, 0.1) is 8.66 Å². The number of carbonyl (C=O) groups excluding carboxylic acids is 1. The van der Waals surface area contributed by atoms with Gasteiger partial charge in [0.15, 0.2) is 5.76 Å². The number of nitrogens with one attached hydrogen (secondary N) is 1. The second kappa shape index (κ2) is 5.64. The fourth-order valence-electron chi connectivity index (χ4n) is 2.06. The Hall–Kier alpha value is -2.45. The fourth-order valence-corrected chi connectivity index (χ4v) is 3.36. The molecule has 0 spiro atoms. The van der Waals surface area contributed by atoms with Crippen molar-refractivity contribution in [1.82, 2.24) is 10.2 Å². The number of amides is 1. The Labute approximate surface area is 142 Å². The molecule has 4 rings (SSSR count). The second-order valence-electron chi connectivity index (χ2n) is 4.62. The Morgan fingerprint density at radius 1 is 1.13 bits per heavy atom. The van der Waals surface area contributed by atoms with Gasteiger partial charge < -0.3 is 8.83 Å². The van der Waals surface area contributed by atoms with Crippen molar-refractivity contribution in [2.24, 2.45) is 0 Å². The quantitative estimate of drug-likeness (QED) is 0.555. The van der Waals surface area contributed by atoms with Crippen molar-refractivity contribution >= 4 is 50.2 Å². The monoisotopic (exact) mass is 389 g/mol. The smallest absolute Gasteiger partial charge is 0.322 e. The van der Waals surface area contributed by atoms with Crippen LogP contribution in [0.3, 0.4) is 0 Å². The van der Waals surface area contributed by atoms with Crippen LogP contribution in [-0.4, -0.2) is 16.1 Å². The van der Waals surface area contributed by atoms with Crippen molar-refractivity contribution in [3.63, 3.8) is 0 Å². The number of thiophene rings is 1. The molecule has 6 nitrogen and oxygen atoms in total. The molecular weight excluding hydrogens is 382 g/mol. The van der Waals surface area contributed by atoms with E-state index in [-0.39, 0.29) is 11.8 Å². The lowest BCUT2D eigenvalue weighted by Crippen LogP contribution is -2.10. The summed E-state index contributed by atoms with van der Waals surface area (Å²) in [5, 5.41) is 11.1. The Bertz CT molecular complexity index is 971. The summed E-state index contributed by atoms with van der Waals surface area (Å²) in [6, 6.07) is 12.8. The largest absolute Gasteiger partial charge is 0.451 e. The zero-order chi connectivity index (χ0) is 15.8. The van der Waals surface area contributed by atoms with Crippen LogP contribution in [0.1, 0.15) is 10.6 Å². The van der Waals surface area contributed by atoms with Crippen molar-refractivity contribution in [3.05, 3.63) is 52.0 Å². The molecule has 4 aromatic rings. The van der Waals surface area contributed by atoms with Gasteiger partial charge in [-0.25, -0.2) is 0 Å². The fraction of sp³-hybridized carbons (Fsp3) is 0. The molecule has 3 aromatic heterocycles. The van der Waals surface area contributed by atoms with Crippen molar-refractivity contribution in [2.45, 2.75) is 0 Å². The van der Waals surface area contributed by atoms with E-state index in [0.717, 1.165) is 14.0 Å². The highest BCUT2D eigenvalue weighted by Crippen LogP contribution is 2.31. The van der Waals surface area contributed by atoms with Crippen LogP contribution in [0, 0.1) is 0 Å². The Morgan fingerprint density at radius 2 is 2.00 bits per heavy atom. The number of nitrogens with zero attached hydrogens (tertiary/aromatic N) is 2. The minimum absolute atomic E-state index is 0.0231. The maximum absolute atomic E-state index is 12.2. The average Bonchev–Trinajstić information content (AvgIpc) is 3.25. The first-order valence-corrected chi connectivity index (χ1v) is 8.19. The highest BCUT2D eigenvalue weighted by Gasteiger charge is 2.16. The summed E-state index contributed by atoms with van der Waals surface area (Å²) in [5.41, 5.74) is 0.646. The lowest BCUT2D eigenvalue weighted by atomic mass is 10.2. The van der Waals surface area contributed by atoms with Crippen molar-refractivity contribution in [1.29, 1.82) is 0 Å². The number of aromatic nitrogens is 2. The molecule has 0 atom stereocenters. The van der Waals surface area contributed by atoms with Gasteiger partial charge in [-0.1, -0.05) is 23.3 Å². The van der Waals surface area contributed by atoms with Crippen LogP contribution >= 0.6 is 27.3 Å². The number of fused-ring (bicyclic) bond motifs is 1. The molecule has 0 saturated carbocycles. The molecule has 0 fully saturated rings. The topological polar surface area (TPSA) is 81.2 Å². The van der Waals surface area contributed by atoms with E-state index in [1.54, 1.807) is 12.1 Å². The van der Waals surface area contributed by atoms with Gasteiger partial charge in [-0.15, -0.1) is 16.4 Å². The average molecular weight is 390 g/mol. The SMILES string of the molecule is O=C(Nc1nnc(-c2ccc(Br)s2)o1)c1cc2ccccc2o1. The second-order valence-corrected chi connectivity index (χ2v) is 7.08. The van der Waals surface area contributed by atoms with Crippen molar-refractivity contribution in [2.75, 3.05) is 5.32 Å². The van der Waals surface area contributed by atoms with Gasteiger partial charge in [-0.2, -0.15) is 0 Å². The molecule has 114 valence electrons. The number of anilines is 1. The van der Waals surface area contributed by atoms with Gasteiger partial charge in [0, 0.05) is 5.39 Å². The Kier molecular flexibility index (Phi) is 3.47. The molecule has 8 heteroatoms. The van der Waals surface area contributed by atoms with Crippen LogP contribution in [0.25, 0.3) is 21.7 Å². The van der Waals surface area contributed by atoms with Gasteiger partial charge in [-0.3, -0.25) is 10.1 Å². The maximum Gasteiger partial charge on any atom is 0.322 e. The highest BCUT2D eigenvalue weighted by atomic mass is 79.9. The van der Waals surface area contributed by atoms with Gasteiger partial charge in [0.2, 0.25) is 0 Å². The van der Waals surface area contributed by atoms with Crippen LogP contribution in [0.4, 0.5) is 6.01 Å². The van der Waals surface area contributed by atoms with Crippen LogP contribution < -0.4 is 5.32 Å². The normalized spacial score (nSPS) is 11.0. The summed E-state index contributed by atoms with van der Waals surface area (Å²) in [6.07, 6.45) is 0. The third kappa shape index (κ3) is 2.78. The number of hydrogen-bond acceptors (Lipinski definition) is 6.